The van der Waals surface area contributed by atoms with Gasteiger partial charge in [-0.2, -0.15) is 0 Å². The van der Waals surface area contributed by atoms with Crippen molar-refractivity contribution in [1.82, 2.24) is 4.57 Å². The molecule has 1 nitrogen and oxygen atoms in total. The monoisotopic (exact) mass is 173 g/mol. The van der Waals surface area contributed by atoms with Crippen molar-refractivity contribution in [3.8, 4) is 0 Å². The van der Waals surface area contributed by atoms with Gasteiger partial charge in [0.05, 0.1) is 0 Å². The fraction of sp³-hybridized carbons (Fsp3) is 1.00. The van der Waals surface area contributed by atoms with E-state index >= 15 is 0 Å². The van der Waals surface area contributed by atoms with Crippen molar-refractivity contribution in [3.05, 3.63) is 0 Å². The molecule has 0 aromatic carbocycles. The Bertz CT molecular complexity index is 35.2. The lowest BCUT2D eigenvalue weighted by Gasteiger charge is -2.01. The minimum absolute atomic E-state index is 0. The highest BCUT2D eigenvalue weighted by Crippen LogP contribution is 1.73. The first-order chi connectivity index (χ1) is 2.77. The van der Waals surface area contributed by atoms with Crippen LogP contribution >= 0.6 is 24.8 Å². The summed E-state index contributed by atoms with van der Waals surface area (Å²) >= 11 is 0. The molecule has 0 aliphatic rings. The van der Waals surface area contributed by atoms with E-state index in [1.54, 1.807) is 0 Å². The van der Waals surface area contributed by atoms with E-state index in [1.165, 1.54) is 6.04 Å². The van der Waals surface area contributed by atoms with Gasteiger partial charge in [0, 0.05) is 0 Å². The van der Waals surface area contributed by atoms with Gasteiger partial charge in [-0.1, -0.05) is 6.92 Å². The molecule has 0 aliphatic heterocycles. The maximum Gasteiger partial charge on any atom is 0.141 e. The van der Waals surface area contributed by atoms with E-state index in [4.69, 9.17) is 0 Å². The van der Waals surface area contributed by atoms with Gasteiger partial charge in [-0.15, -0.1) is 24.8 Å². The second kappa shape index (κ2) is 10.7. The summed E-state index contributed by atoms with van der Waals surface area (Å²) in [4.78, 5) is 0. The van der Waals surface area contributed by atoms with Crippen LogP contribution in [0.3, 0.4) is 0 Å². The molecule has 0 N–H and O–H groups in total. The predicted molar refractivity (Wildman–Crippen MR) is 44.4 cm³/mol. The first-order valence-corrected chi connectivity index (χ1v) is 3.33. The molecule has 0 amide bonds. The number of nitrogens with zero attached hydrogens (tertiary/aromatic N) is 1. The molecule has 52 valence electrons. The standard InChI is InChI=1S/C4H11NSi.2ClH/c1-4-6-5(2)3;;/h4H2,1-3H3;2*1H. The summed E-state index contributed by atoms with van der Waals surface area (Å²) in [6.45, 7) is 2.19. The molecule has 0 saturated heterocycles. The topological polar surface area (TPSA) is 3.24 Å². The molecule has 8 heavy (non-hydrogen) atoms. The molecular weight excluding hydrogens is 161 g/mol. The third-order valence-corrected chi connectivity index (χ3v) is 1.42. The summed E-state index contributed by atoms with van der Waals surface area (Å²) in [6, 6.07) is 1.28. The average Bonchev–Trinajstić information content (AvgIpc) is 1.35. The van der Waals surface area contributed by atoms with Crippen LogP contribution in [-0.2, 0) is 0 Å². The Labute approximate surface area is 66.6 Å². The van der Waals surface area contributed by atoms with Crippen molar-refractivity contribution in [2.45, 2.75) is 13.0 Å². The van der Waals surface area contributed by atoms with Crippen LogP contribution in [0, 0.1) is 0 Å². The Kier molecular flexibility index (Phi) is 21.2. The highest BCUT2D eigenvalue weighted by Gasteiger charge is 1.82. The summed E-state index contributed by atoms with van der Waals surface area (Å²) in [6.07, 6.45) is 0. The summed E-state index contributed by atoms with van der Waals surface area (Å²) in [5.74, 6) is 0. The molecule has 0 saturated carbocycles. The number of rotatable bonds is 2. The van der Waals surface area contributed by atoms with Gasteiger partial charge in [-0.3, -0.25) is 0 Å². The van der Waals surface area contributed by atoms with Gasteiger partial charge < -0.3 is 4.57 Å². The summed E-state index contributed by atoms with van der Waals surface area (Å²) in [5, 5.41) is 0. The van der Waals surface area contributed by atoms with Crippen molar-refractivity contribution in [2.75, 3.05) is 14.1 Å². The third kappa shape index (κ3) is 15.9. The van der Waals surface area contributed by atoms with Crippen LogP contribution in [0.2, 0.25) is 6.04 Å². The zero-order chi connectivity index (χ0) is 4.99. The van der Waals surface area contributed by atoms with Gasteiger partial charge in [0.1, 0.15) is 9.68 Å². The number of halogens is 2. The van der Waals surface area contributed by atoms with Gasteiger partial charge in [0.15, 0.2) is 0 Å². The SMILES string of the molecule is CC[Si]N(C)C.Cl.Cl. The molecule has 0 heterocycles. The minimum atomic E-state index is 0. The molecule has 0 bridgehead atoms. The van der Waals surface area contributed by atoms with Crippen molar-refractivity contribution in [1.29, 1.82) is 0 Å². The van der Waals surface area contributed by atoms with E-state index in [2.05, 4.69) is 25.6 Å². The molecule has 0 rings (SSSR count). The number of hydrogen-bond acceptors (Lipinski definition) is 1. The first kappa shape index (κ1) is 15.9. The summed E-state index contributed by atoms with van der Waals surface area (Å²) < 4.78 is 2.21. The van der Waals surface area contributed by atoms with Gasteiger partial charge in [-0.05, 0) is 20.1 Å². The molecule has 0 aliphatic carbocycles. The average molecular weight is 174 g/mol. The Hall–Kier alpha value is 0.757. The van der Waals surface area contributed by atoms with E-state index in [-0.39, 0.29) is 24.8 Å². The Morgan fingerprint density at radius 2 is 1.62 bits per heavy atom. The Balaban J connectivity index is -0.000000125. The molecule has 4 heteroatoms. The number of hydrogen-bond donors (Lipinski definition) is 0. The Morgan fingerprint density at radius 1 is 1.25 bits per heavy atom. The lowest BCUT2D eigenvalue weighted by atomic mass is 11.0. The zero-order valence-electron chi connectivity index (χ0n) is 5.47. The van der Waals surface area contributed by atoms with Gasteiger partial charge >= 0.3 is 0 Å². The minimum Gasteiger partial charge on any atom is -0.331 e. The lowest BCUT2D eigenvalue weighted by Crippen LogP contribution is -2.15. The highest BCUT2D eigenvalue weighted by atomic mass is 35.5. The van der Waals surface area contributed by atoms with Gasteiger partial charge in [0.25, 0.3) is 0 Å². The largest absolute Gasteiger partial charge is 0.331 e. The first-order valence-electron chi connectivity index (χ1n) is 2.18. The van der Waals surface area contributed by atoms with E-state index < -0.39 is 0 Å². The van der Waals surface area contributed by atoms with Crippen LogP contribution in [0.5, 0.6) is 0 Å². The van der Waals surface area contributed by atoms with Crippen LogP contribution in [0.15, 0.2) is 0 Å². The molecule has 0 aromatic heterocycles. The second-order valence-electron chi connectivity index (χ2n) is 1.41. The van der Waals surface area contributed by atoms with Crippen molar-refractivity contribution in [3.63, 3.8) is 0 Å². The van der Waals surface area contributed by atoms with E-state index in [0.29, 0.717) is 0 Å². The maximum atomic E-state index is 2.21. The highest BCUT2D eigenvalue weighted by molar-refractivity contribution is 6.31. The predicted octanol–water partition coefficient (Wildman–Crippen LogP) is 1.45. The van der Waals surface area contributed by atoms with Crippen molar-refractivity contribution >= 4 is 34.5 Å². The smallest absolute Gasteiger partial charge is 0.141 e. The van der Waals surface area contributed by atoms with Gasteiger partial charge in [-0.25, -0.2) is 0 Å². The summed E-state index contributed by atoms with van der Waals surface area (Å²) in [7, 11) is 5.20. The Morgan fingerprint density at radius 3 is 1.62 bits per heavy atom. The normalized spacial score (nSPS) is 7.50. The van der Waals surface area contributed by atoms with Crippen LogP contribution < -0.4 is 0 Å². The molecule has 0 aromatic rings. The summed E-state index contributed by atoms with van der Waals surface area (Å²) in [5.41, 5.74) is 0. The molecule has 0 spiro atoms. The molecule has 0 unspecified atom stereocenters. The van der Waals surface area contributed by atoms with E-state index in [1.807, 2.05) is 0 Å². The van der Waals surface area contributed by atoms with E-state index in [0.717, 1.165) is 9.68 Å². The van der Waals surface area contributed by atoms with Crippen LogP contribution in [0.1, 0.15) is 6.92 Å². The molecule has 0 atom stereocenters. The van der Waals surface area contributed by atoms with Crippen LogP contribution in [0.4, 0.5) is 0 Å². The molecular formula is C4H13Cl2NSi. The van der Waals surface area contributed by atoms with E-state index in [9.17, 15) is 0 Å². The fourth-order valence-corrected chi connectivity index (χ4v) is 0.949. The lowest BCUT2D eigenvalue weighted by molar-refractivity contribution is 0.659. The second-order valence-corrected chi connectivity index (χ2v) is 3.32. The fourth-order valence-electron chi connectivity index (χ4n) is 0.316. The van der Waals surface area contributed by atoms with Gasteiger partial charge in [0.2, 0.25) is 0 Å². The van der Waals surface area contributed by atoms with Crippen molar-refractivity contribution in [2.24, 2.45) is 0 Å². The maximum absolute atomic E-state index is 2.21. The van der Waals surface area contributed by atoms with Crippen LogP contribution in [-0.4, -0.2) is 28.3 Å². The molecule has 0 fully saturated rings. The third-order valence-electron chi connectivity index (χ3n) is 0.474. The molecule has 2 radical (unpaired) electrons. The quantitative estimate of drug-likeness (QED) is 0.573. The van der Waals surface area contributed by atoms with Crippen LogP contribution in [0.25, 0.3) is 0 Å². The zero-order valence-corrected chi connectivity index (χ0v) is 8.10. The van der Waals surface area contributed by atoms with Crippen molar-refractivity contribution < 1.29 is 0 Å².